The fourth-order valence-corrected chi connectivity index (χ4v) is 3.47. The molecule has 0 saturated carbocycles. The maximum Gasteiger partial charge on any atom is 0.119 e. The molecule has 1 aliphatic rings. The van der Waals surface area contributed by atoms with Crippen molar-refractivity contribution < 1.29 is 0 Å². The lowest BCUT2D eigenvalue weighted by Crippen LogP contribution is -2.33. The van der Waals surface area contributed by atoms with E-state index in [1.54, 1.807) is 0 Å². The Bertz CT molecular complexity index is 663. The van der Waals surface area contributed by atoms with Crippen LogP contribution in [-0.4, -0.2) is 29.9 Å². The average Bonchev–Trinajstić information content (AvgIpc) is 2.59. The van der Waals surface area contributed by atoms with Crippen molar-refractivity contribution in [3.05, 3.63) is 53.7 Å². The van der Waals surface area contributed by atoms with Crippen LogP contribution in [0.3, 0.4) is 0 Å². The molecule has 0 aliphatic carbocycles. The van der Waals surface area contributed by atoms with Crippen LogP contribution in [0.4, 0.5) is 5.69 Å². The summed E-state index contributed by atoms with van der Waals surface area (Å²) in [5.74, 6) is 0. The lowest BCUT2D eigenvalue weighted by molar-refractivity contribution is 0.665. The molecule has 0 spiro atoms. The number of hydrogen-bond donors (Lipinski definition) is 2. The zero-order valence-electron chi connectivity index (χ0n) is 12.2. The summed E-state index contributed by atoms with van der Waals surface area (Å²) in [5.41, 5.74) is 3.11. The van der Waals surface area contributed by atoms with E-state index in [1.807, 2.05) is 48.3 Å². The molecule has 1 unspecified atom stereocenters. The molecule has 2 heterocycles. The first kappa shape index (κ1) is 14.9. The highest BCUT2D eigenvalue weighted by Crippen LogP contribution is 2.32. The van der Waals surface area contributed by atoms with E-state index < -0.39 is 0 Å². The van der Waals surface area contributed by atoms with Gasteiger partial charge in [-0.25, -0.2) is 4.98 Å². The van der Waals surface area contributed by atoms with Gasteiger partial charge in [0.05, 0.1) is 17.3 Å². The van der Waals surface area contributed by atoms with Gasteiger partial charge in [0, 0.05) is 24.5 Å². The molecule has 2 N–H and O–H groups in total. The summed E-state index contributed by atoms with van der Waals surface area (Å²) in [4.78, 5) is 4.41. The van der Waals surface area contributed by atoms with Gasteiger partial charge in [0.2, 0.25) is 0 Å². The second-order valence-electron chi connectivity index (χ2n) is 5.24. The van der Waals surface area contributed by atoms with E-state index in [9.17, 15) is 0 Å². The number of fused-ring (bicyclic) bond motifs is 1. The molecule has 112 valence electrons. The molecule has 2 aromatic rings. The predicted octanol–water partition coefficient (Wildman–Crippen LogP) is 2.67. The number of hydrogen-bond acceptors (Lipinski definition) is 5. The molecule has 0 bridgehead atoms. The Morgan fingerprint density at radius 1 is 1.32 bits per heavy atom. The zero-order chi connectivity index (χ0) is 15.2. The minimum atomic E-state index is 0.503. The van der Waals surface area contributed by atoms with Crippen molar-refractivity contribution in [3.8, 4) is 6.07 Å². The summed E-state index contributed by atoms with van der Waals surface area (Å²) in [7, 11) is 0. The third kappa shape index (κ3) is 3.79. The highest BCUT2D eigenvalue weighted by Gasteiger charge is 2.18. The van der Waals surface area contributed by atoms with Crippen molar-refractivity contribution in [2.24, 2.45) is 0 Å². The normalized spacial score (nSPS) is 16.4. The van der Waals surface area contributed by atoms with Crippen LogP contribution in [-0.2, 0) is 6.42 Å². The number of aromatic nitrogens is 1. The van der Waals surface area contributed by atoms with Gasteiger partial charge < -0.3 is 10.6 Å². The van der Waals surface area contributed by atoms with Gasteiger partial charge >= 0.3 is 0 Å². The minimum Gasteiger partial charge on any atom is -0.382 e. The van der Waals surface area contributed by atoms with E-state index in [-0.39, 0.29) is 0 Å². The Kier molecular flexibility index (Phi) is 4.94. The number of benzene rings is 1. The van der Waals surface area contributed by atoms with Gasteiger partial charge in [0.1, 0.15) is 5.03 Å². The Morgan fingerprint density at radius 2 is 2.18 bits per heavy atom. The standard InChI is InChI=1S/C17H18N4S/c18-10-14-5-3-13(4-6-14)7-9-19-11-15-12-21-16-2-1-8-20-17(16)22-15/h1-6,8,15,19,21H,7,9,11-12H2. The Labute approximate surface area is 135 Å². The van der Waals surface area contributed by atoms with Gasteiger partial charge in [-0.05, 0) is 42.8 Å². The van der Waals surface area contributed by atoms with Crippen molar-refractivity contribution in [2.75, 3.05) is 25.0 Å². The molecule has 22 heavy (non-hydrogen) atoms. The quantitative estimate of drug-likeness (QED) is 0.832. The van der Waals surface area contributed by atoms with Gasteiger partial charge in [-0.1, -0.05) is 23.9 Å². The van der Waals surface area contributed by atoms with Crippen molar-refractivity contribution in [3.63, 3.8) is 0 Å². The molecule has 1 aromatic heterocycles. The van der Waals surface area contributed by atoms with E-state index in [0.717, 1.165) is 36.8 Å². The Balaban J connectivity index is 1.41. The predicted molar refractivity (Wildman–Crippen MR) is 90.1 cm³/mol. The lowest BCUT2D eigenvalue weighted by atomic mass is 10.1. The van der Waals surface area contributed by atoms with Crippen molar-refractivity contribution in [1.82, 2.24) is 10.3 Å². The first-order valence-corrected chi connectivity index (χ1v) is 8.28. The molecular weight excluding hydrogens is 292 g/mol. The topological polar surface area (TPSA) is 60.7 Å². The first-order valence-electron chi connectivity index (χ1n) is 7.40. The van der Waals surface area contributed by atoms with Crippen molar-refractivity contribution >= 4 is 17.4 Å². The molecule has 0 fully saturated rings. The average molecular weight is 310 g/mol. The zero-order valence-corrected chi connectivity index (χ0v) is 13.1. The second-order valence-corrected chi connectivity index (χ2v) is 6.53. The van der Waals surface area contributed by atoms with Gasteiger partial charge in [-0.15, -0.1) is 0 Å². The molecule has 0 radical (unpaired) electrons. The fraction of sp³-hybridized carbons (Fsp3) is 0.294. The molecule has 0 amide bonds. The van der Waals surface area contributed by atoms with E-state index in [0.29, 0.717) is 10.8 Å². The number of nitriles is 1. The van der Waals surface area contributed by atoms with Gasteiger partial charge in [0.25, 0.3) is 0 Å². The first-order chi connectivity index (χ1) is 10.8. The number of nitrogens with zero attached hydrogens (tertiary/aromatic N) is 2. The lowest BCUT2D eigenvalue weighted by Gasteiger charge is -2.24. The fourth-order valence-electron chi connectivity index (χ4n) is 2.40. The SMILES string of the molecule is N#Cc1ccc(CCNCC2CNc3cccnc3S2)cc1. The monoisotopic (exact) mass is 310 g/mol. The Hall–Kier alpha value is -2.03. The molecule has 5 heteroatoms. The van der Waals surface area contributed by atoms with Crippen LogP contribution in [0.15, 0.2) is 47.6 Å². The van der Waals surface area contributed by atoms with Crippen molar-refractivity contribution in [1.29, 1.82) is 5.26 Å². The van der Waals surface area contributed by atoms with Crippen LogP contribution in [0.5, 0.6) is 0 Å². The molecule has 0 saturated heterocycles. The minimum absolute atomic E-state index is 0.503. The summed E-state index contributed by atoms with van der Waals surface area (Å²) < 4.78 is 0. The maximum atomic E-state index is 8.78. The van der Waals surface area contributed by atoms with Crippen molar-refractivity contribution in [2.45, 2.75) is 16.7 Å². The number of pyridine rings is 1. The Morgan fingerprint density at radius 3 is 3.00 bits per heavy atom. The molecular formula is C17H18N4S. The summed E-state index contributed by atoms with van der Waals surface area (Å²) in [6.07, 6.45) is 2.82. The number of rotatable bonds is 5. The van der Waals surface area contributed by atoms with Gasteiger partial charge in [-0.2, -0.15) is 5.26 Å². The van der Waals surface area contributed by atoms with Gasteiger partial charge in [-0.3, -0.25) is 0 Å². The number of anilines is 1. The van der Waals surface area contributed by atoms with Crippen LogP contribution >= 0.6 is 11.8 Å². The summed E-state index contributed by atoms with van der Waals surface area (Å²) in [6, 6.07) is 14.0. The van der Waals surface area contributed by atoms with Crippen LogP contribution in [0.1, 0.15) is 11.1 Å². The van der Waals surface area contributed by atoms with E-state index in [1.165, 1.54) is 5.56 Å². The van der Waals surface area contributed by atoms with Crippen LogP contribution in [0.25, 0.3) is 0 Å². The highest BCUT2D eigenvalue weighted by molar-refractivity contribution is 8.00. The van der Waals surface area contributed by atoms with E-state index >= 15 is 0 Å². The number of nitrogens with one attached hydrogen (secondary N) is 2. The summed E-state index contributed by atoms with van der Waals surface area (Å²) in [5, 5.41) is 17.3. The summed E-state index contributed by atoms with van der Waals surface area (Å²) >= 11 is 1.84. The molecule has 3 rings (SSSR count). The number of thioether (sulfide) groups is 1. The van der Waals surface area contributed by atoms with E-state index in [2.05, 4.69) is 27.8 Å². The molecule has 1 aliphatic heterocycles. The second kappa shape index (κ2) is 7.30. The molecule has 4 nitrogen and oxygen atoms in total. The van der Waals surface area contributed by atoms with Crippen LogP contribution in [0, 0.1) is 11.3 Å². The van der Waals surface area contributed by atoms with Crippen LogP contribution in [0.2, 0.25) is 0 Å². The molecule has 1 aromatic carbocycles. The van der Waals surface area contributed by atoms with E-state index in [4.69, 9.17) is 5.26 Å². The summed E-state index contributed by atoms with van der Waals surface area (Å²) in [6.45, 7) is 2.87. The van der Waals surface area contributed by atoms with Gasteiger partial charge in [0.15, 0.2) is 0 Å². The smallest absolute Gasteiger partial charge is 0.119 e. The maximum absolute atomic E-state index is 8.78. The largest absolute Gasteiger partial charge is 0.382 e. The third-order valence-corrected chi connectivity index (χ3v) is 4.83. The highest BCUT2D eigenvalue weighted by atomic mass is 32.2. The molecule has 1 atom stereocenters. The van der Waals surface area contributed by atoms with Crippen LogP contribution < -0.4 is 10.6 Å². The third-order valence-electron chi connectivity index (χ3n) is 3.62.